The number of ether oxygens (including phenoxy) is 5. The molecule has 3 aliphatic rings. The highest BCUT2D eigenvalue weighted by Crippen LogP contribution is 2.35. The fourth-order valence-corrected chi connectivity index (χ4v) is 6.10. The Morgan fingerprint density at radius 1 is 1.02 bits per heavy atom. The number of hydrogen-bond donors (Lipinski definition) is 1. The van der Waals surface area contributed by atoms with Gasteiger partial charge in [0.15, 0.2) is 6.61 Å². The molecule has 0 radical (unpaired) electrons. The van der Waals surface area contributed by atoms with Crippen molar-refractivity contribution in [2.75, 3.05) is 57.9 Å². The summed E-state index contributed by atoms with van der Waals surface area (Å²) in [5.74, 6) is 1.23. The normalized spacial score (nSPS) is 21.5. The number of piperidine rings is 1. The summed E-state index contributed by atoms with van der Waals surface area (Å²) in [6.07, 6.45) is 0.241. The predicted octanol–water partition coefficient (Wildman–Crippen LogP) is 4.89. The maximum absolute atomic E-state index is 12.6. The highest BCUT2D eigenvalue weighted by Gasteiger charge is 2.34. The number of carboxylic acid groups (broad SMARTS) is 1. The molecule has 12 nitrogen and oxygen atoms in total. The summed E-state index contributed by atoms with van der Waals surface area (Å²) in [6.45, 7) is 8.58. The summed E-state index contributed by atoms with van der Waals surface area (Å²) in [5.41, 5.74) is 2.06. The summed E-state index contributed by atoms with van der Waals surface area (Å²) in [5, 5.41) is 9.71. The van der Waals surface area contributed by atoms with Crippen LogP contribution in [0.25, 0.3) is 0 Å². The predicted molar refractivity (Wildman–Crippen MR) is 170 cm³/mol. The average molecular weight is 640 g/mol. The Hall–Kier alpha value is -4.03. The first-order chi connectivity index (χ1) is 22.0. The van der Waals surface area contributed by atoms with Crippen LogP contribution in [-0.4, -0.2) is 104 Å². The highest BCUT2D eigenvalue weighted by atomic mass is 16.6. The first-order valence-corrected chi connectivity index (χ1v) is 15.9. The van der Waals surface area contributed by atoms with E-state index >= 15 is 0 Å². The van der Waals surface area contributed by atoms with Crippen molar-refractivity contribution in [1.82, 2.24) is 9.80 Å². The number of fused-ring (bicyclic) bond motifs is 1. The lowest BCUT2D eigenvalue weighted by molar-refractivity contribution is -0.121. The van der Waals surface area contributed by atoms with Crippen molar-refractivity contribution in [3.05, 3.63) is 53.6 Å². The van der Waals surface area contributed by atoms with Gasteiger partial charge in [0.05, 0.1) is 31.5 Å². The number of methoxy groups -OCH3 is 1. The summed E-state index contributed by atoms with van der Waals surface area (Å²) >= 11 is 0. The van der Waals surface area contributed by atoms with E-state index in [9.17, 15) is 19.5 Å². The van der Waals surface area contributed by atoms with Crippen LogP contribution in [0.2, 0.25) is 0 Å². The summed E-state index contributed by atoms with van der Waals surface area (Å²) in [6, 6.07) is 13.5. The highest BCUT2D eigenvalue weighted by molar-refractivity contribution is 5.97. The number of hydrogen-bond acceptors (Lipinski definition) is 8. The third-order valence-corrected chi connectivity index (χ3v) is 8.40. The molecule has 2 unspecified atom stereocenters. The van der Waals surface area contributed by atoms with Gasteiger partial charge in [0.2, 0.25) is 0 Å². The standard InChI is InChI=1S/C34H45N3O9/c1-34(2,3)46-33(41)36-15-12-26(19-36)45-25-9-7-24(8-10-25)27-13-16-35(32(39)40)20-30(27)43-21-23-6-11-29-28(18-23)37(14-5-17-42-4)31(38)22-44-29/h6-11,18,26-27,30H,5,12-17,19-22H2,1-4H3,(H,39,40)/t26-,27?,30?/m0/s1. The minimum Gasteiger partial charge on any atom is -0.489 e. The van der Waals surface area contributed by atoms with Crippen LogP contribution >= 0.6 is 0 Å². The van der Waals surface area contributed by atoms with Crippen LogP contribution in [0.1, 0.15) is 57.1 Å². The van der Waals surface area contributed by atoms with Gasteiger partial charge in [0.25, 0.3) is 5.91 Å². The lowest BCUT2D eigenvalue weighted by Crippen LogP contribution is -2.46. The molecule has 0 bridgehead atoms. The molecule has 46 heavy (non-hydrogen) atoms. The molecule has 1 N–H and O–H groups in total. The maximum Gasteiger partial charge on any atom is 0.410 e. The van der Waals surface area contributed by atoms with Crippen molar-refractivity contribution >= 4 is 23.8 Å². The molecule has 3 atom stereocenters. The van der Waals surface area contributed by atoms with E-state index < -0.39 is 11.7 Å². The fourth-order valence-electron chi connectivity index (χ4n) is 6.10. The van der Waals surface area contributed by atoms with Gasteiger partial charge in [-0.2, -0.15) is 0 Å². The summed E-state index contributed by atoms with van der Waals surface area (Å²) in [7, 11) is 1.63. The Morgan fingerprint density at radius 3 is 2.50 bits per heavy atom. The molecule has 12 heteroatoms. The minimum atomic E-state index is -0.969. The molecule has 250 valence electrons. The number of nitrogens with zero attached hydrogens (tertiary/aromatic N) is 3. The SMILES string of the molecule is COCCCN1C(=O)COc2ccc(COC3CN(C(=O)O)CCC3c3ccc(O[C@H]4CCN(C(=O)OC(C)(C)C)C4)cc3)cc21. The van der Waals surface area contributed by atoms with E-state index in [-0.39, 0.29) is 49.9 Å². The van der Waals surface area contributed by atoms with Gasteiger partial charge in [-0.05, 0) is 69.0 Å². The van der Waals surface area contributed by atoms with Crippen LogP contribution in [0.4, 0.5) is 15.3 Å². The number of amides is 3. The van der Waals surface area contributed by atoms with E-state index in [4.69, 9.17) is 23.7 Å². The largest absolute Gasteiger partial charge is 0.489 e. The first kappa shape index (κ1) is 33.3. The lowest BCUT2D eigenvalue weighted by atomic mass is 9.87. The quantitative estimate of drug-likeness (QED) is 0.362. The van der Waals surface area contributed by atoms with Crippen molar-refractivity contribution in [1.29, 1.82) is 0 Å². The van der Waals surface area contributed by atoms with Crippen molar-refractivity contribution in [3.63, 3.8) is 0 Å². The Bertz CT molecular complexity index is 1380. The van der Waals surface area contributed by atoms with E-state index in [0.29, 0.717) is 62.8 Å². The Labute approximate surface area is 270 Å². The van der Waals surface area contributed by atoms with Gasteiger partial charge < -0.3 is 43.5 Å². The molecule has 0 saturated carbocycles. The van der Waals surface area contributed by atoms with Crippen molar-refractivity contribution in [2.45, 2.75) is 70.4 Å². The zero-order valence-corrected chi connectivity index (χ0v) is 27.1. The molecular formula is C34H45N3O9. The van der Waals surface area contributed by atoms with E-state index in [2.05, 4.69) is 0 Å². The number of rotatable bonds is 10. The van der Waals surface area contributed by atoms with E-state index in [1.54, 1.807) is 16.9 Å². The number of anilines is 1. The van der Waals surface area contributed by atoms with Gasteiger partial charge in [0.1, 0.15) is 23.2 Å². The second-order valence-corrected chi connectivity index (χ2v) is 13.0. The molecular weight excluding hydrogens is 594 g/mol. The molecule has 2 aromatic rings. The molecule has 5 rings (SSSR count). The van der Waals surface area contributed by atoms with Gasteiger partial charge in [0, 0.05) is 45.7 Å². The molecule has 2 aromatic carbocycles. The fraction of sp³-hybridized carbons (Fsp3) is 0.559. The van der Waals surface area contributed by atoms with Crippen LogP contribution < -0.4 is 14.4 Å². The monoisotopic (exact) mass is 639 g/mol. The van der Waals surface area contributed by atoms with Crippen molar-refractivity contribution in [3.8, 4) is 11.5 Å². The molecule has 3 amide bonds. The van der Waals surface area contributed by atoms with Gasteiger partial charge in [-0.3, -0.25) is 4.79 Å². The Balaban J connectivity index is 1.23. The van der Waals surface area contributed by atoms with E-state index in [1.165, 1.54) is 4.90 Å². The van der Waals surface area contributed by atoms with E-state index in [0.717, 1.165) is 17.5 Å². The second kappa shape index (κ2) is 14.6. The minimum absolute atomic E-state index is 0.000378. The second-order valence-electron chi connectivity index (χ2n) is 13.0. The molecule has 3 aliphatic heterocycles. The molecule has 2 fully saturated rings. The zero-order valence-electron chi connectivity index (χ0n) is 27.1. The van der Waals surface area contributed by atoms with Gasteiger partial charge in [-0.25, -0.2) is 9.59 Å². The zero-order chi connectivity index (χ0) is 32.8. The third-order valence-electron chi connectivity index (χ3n) is 8.40. The molecule has 0 aliphatic carbocycles. The summed E-state index contributed by atoms with van der Waals surface area (Å²) in [4.78, 5) is 41.7. The third kappa shape index (κ3) is 8.41. The summed E-state index contributed by atoms with van der Waals surface area (Å²) < 4.78 is 28.9. The number of benzene rings is 2. The van der Waals surface area contributed by atoms with Crippen LogP contribution in [0.15, 0.2) is 42.5 Å². The van der Waals surface area contributed by atoms with Gasteiger partial charge in [-0.15, -0.1) is 0 Å². The van der Waals surface area contributed by atoms with Crippen molar-refractivity contribution < 1.29 is 43.2 Å². The molecule has 0 spiro atoms. The van der Waals surface area contributed by atoms with Crippen LogP contribution in [0, 0.1) is 0 Å². The van der Waals surface area contributed by atoms with Crippen LogP contribution in [0.3, 0.4) is 0 Å². The molecule has 0 aromatic heterocycles. The lowest BCUT2D eigenvalue weighted by Gasteiger charge is -2.37. The van der Waals surface area contributed by atoms with Crippen LogP contribution in [0.5, 0.6) is 11.5 Å². The van der Waals surface area contributed by atoms with Crippen LogP contribution in [-0.2, 0) is 25.6 Å². The van der Waals surface area contributed by atoms with Crippen molar-refractivity contribution in [2.24, 2.45) is 0 Å². The number of carbonyl (C=O) groups excluding carboxylic acids is 2. The Kier molecular flexibility index (Phi) is 10.6. The van der Waals surface area contributed by atoms with E-state index in [1.807, 2.05) is 63.2 Å². The average Bonchev–Trinajstić information content (AvgIpc) is 3.49. The maximum atomic E-state index is 12.6. The Morgan fingerprint density at radius 2 is 1.78 bits per heavy atom. The number of carbonyl (C=O) groups is 3. The first-order valence-electron chi connectivity index (χ1n) is 15.9. The molecule has 2 saturated heterocycles. The number of likely N-dealkylation sites (tertiary alicyclic amines) is 2. The molecule has 3 heterocycles. The smallest absolute Gasteiger partial charge is 0.410 e. The van der Waals surface area contributed by atoms with Gasteiger partial charge >= 0.3 is 12.2 Å². The van der Waals surface area contributed by atoms with Gasteiger partial charge in [-0.1, -0.05) is 18.2 Å². The topological polar surface area (TPSA) is 127 Å².